The summed E-state index contributed by atoms with van der Waals surface area (Å²) in [6.07, 6.45) is 1.72. The lowest BCUT2D eigenvalue weighted by Crippen LogP contribution is -2.30. The molecule has 0 aromatic heterocycles. The Bertz CT molecular complexity index is 840. The first-order chi connectivity index (χ1) is 13.6. The van der Waals surface area contributed by atoms with Gasteiger partial charge in [-0.1, -0.05) is 30.3 Å². The molecule has 0 unspecified atom stereocenters. The minimum Gasteiger partial charge on any atom is -0.507 e. The van der Waals surface area contributed by atoms with Gasteiger partial charge in [0.2, 0.25) is 5.78 Å². The van der Waals surface area contributed by atoms with Gasteiger partial charge >= 0.3 is 0 Å². The predicted octanol–water partition coefficient (Wildman–Crippen LogP) is 3.10. The Hall–Kier alpha value is -2.67. The third-order valence-electron chi connectivity index (χ3n) is 4.62. The Morgan fingerprint density at radius 1 is 1.04 bits per heavy atom. The number of hydrogen-bond donors (Lipinski definition) is 1. The molecule has 1 N–H and O–H groups in total. The third-order valence-corrected chi connectivity index (χ3v) is 4.62. The Morgan fingerprint density at radius 2 is 1.71 bits per heavy atom. The lowest BCUT2D eigenvalue weighted by Gasteiger charge is -2.23. The number of benzene rings is 2. The Labute approximate surface area is 164 Å². The van der Waals surface area contributed by atoms with Crippen molar-refractivity contribution < 1.29 is 24.1 Å². The van der Waals surface area contributed by atoms with Crippen LogP contribution >= 0.6 is 0 Å². The number of methoxy groups -OCH3 is 2. The largest absolute Gasteiger partial charge is 0.507 e. The molecule has 0 spiro atoms. The van der Waals surface area contributed by atoms with Crippen LogP contribution < -0.4 is 4.74 Å². The maximum atomic E-state index is 12.8. The molecule has 1 aliphatic heterocycles. The molecule has 2 aromatic rings. The average molecular weight is 383 g/mol. The van der Waals surface area contributed by atoms with Crippen molar-refractivity contribution in [3.63, 3.8) is 0 Å². The minimum absolute atomic E-state index is 0.104. The van der Waals surface area contributed by atoms with Crippen LogP contribution in [0.25, 0.3) is 6.08 Å². The van der Waals surface area contributed by atoms with E-state index in [4.69, 9.17) is 14.2 Å². The number of carbonyl (C=O) groups is 1. The van der Waals surface area contributed by atoms with E-state index in [1.165, 1.54) is 0 Å². The number of phenols is 1. The van der Waals surface area contributed by atoms with Crippen LogP contribution in [0.15, 0.2) is 48.2 Å². The zero-order chi connectivity index (χ0) is 19.9. The summed E-state index contributed by atoms with van der Waals surface area (Å²) in [5, 5.41) is 10.4. The quantitative estimate of drug-likeness (QED) is 0.671. The fraction of sp³-hybridized carbons (Fsp3) is 0.318. The van der Waals surface area contributed by atoms with Crippen molar-refractivity contribution in [1.82, 2.24) is 4.90 Å². The summed E-state index contributed by atoms with van der Waals surface area (Å²) < 4.78 is 16.3. The highest BCUT2D eigenvalue weighted by molar-refractivity contribution is 6.15. The summed E-state index contributed by atoms with van der Waals surface area (Å²) in [5.41, 5.74) is 1.94. The maximum Gasteiger partial charge on any atom is 0.231 e. The number of Topliss-reactive ketones (excluding diaryl/α,β-unsaturated/α-hetero) is 1. The number of allylic oxidation sites excluding steroid dienone is 1. The molecule has 0 saturated heterocycles. The summed E-state index contributed by atoms with van der Waals surface area (Å²) >= 11 is 0. The Balaban J connectivity index is 1.88. The summed E-state index contributed by atoms with van der Waals surface area (Å²) in [5.74, 6) is 0.605. The minimum atomic E-state index is -0.180. The summed E-state index contributed by atoms with van der Waals surface area (Å²) in [4.78, 5) is 14.9. The Kier molecular flexibility index (Phi) is 6.81. The van der Waals surface area contributed by atoms with Gasteiger partial charge in [0.1, 0.15) is 11.5 Å². The molecule has 6 nitrogen and oxygen atoms in total. The van der Waals surface area contributed by atoms with Crippen molar-refractivity contribution in [1.29, 1.82) is 0 Å². The zero-order valence-corrected chi connectivity index (χ0v) is 16.2. The van der Waals surface area contributed by atoms with E-state index in [-0.39, 0.29) is 17.3 Å². The molecule has 148 valence electrons. The SMILES string of the molecule is COCCN(CCOC)Cc1c(O)ccc2c1O/C(=C/c1ccccc1)C2=O. The predicted molar refractivity (Wildman–Crippen MR) is 107 cm³/mol. The first-order valence-electron chi connectivity index (χ1n) is 9.18. The second kappa shape index (κ2) is 9.50. The number of phenolic OH excluding ortho intramolecular Hbond substituents is 1. The lowest BCUT2D eigenvalue weighted by molar-refractivity contribution is 0.101. The van der Waals surface area contributed by atoms with Gasteiger partial charge in [0.15, 0.2) is 5.76 Å². The molecule has 0 fully saturated rings. The normalized spacial score (nSPS) is 14.5. The van der Waals surface area contributed by atoms with Crippen molar-refractivity contribution >= 4 is 11.9 Å². The molecule has 0 bridgehead atoms. The van der Waals surface area contributed by atoms with E-state index in [1.807, 2.05) is 30.3 Å². The van der Waals surface area contributed by atoms with Crippen LogP contribution in [0.1, 0.15) is 21.5 Å². The van der Waals surface area contributed by atoms with Crippen molar-refractivity contribution in [3.8, 4) is 11.5 Å². The zero-order valence-electron chi connectivity index (χ0n) is 16.2. The van der Waals surface area contributed by atoms with Gasteiger partial charge in [0.05, 0.1) is 24.3 Å². The number of fused-ring (bicyclic) bond motifs is 1. The highest BCUT2D eigenvalue weighted by Gasteiger charge is 2.31. The third kappa shape index (κ3) is 4.59. The maximum absolute atomic E-state index is 12.8. The van der Waals surface area contributed by atoms with E-state index in [0.29, 0.717) is 49.7 Å². The van der Waals surface area contributed by atoms with E-state index in [2.05, 4.69) is 4.90 Å². The van der Waals surface area contributed by atoms with Crippen LogP contribution in [0, 0.1) is 0 Å². The molecule has 28 heavy (non-hydrogen) atoms. The van der Waals surface area contributed by atoms with Crippen molar-refractivity contribution in [2.75, 3.05) is 40.5 Å². The van der Waals surface area contributed by atoms with Gasteiger partial charge in [0.25, 0.3) is 0 Å². The number of nitrogens with zero attached hydrogens (tertiary/aromatic N) is 1. The number of carbonyl (C=O) groups excluding carboxylic acids is 1. The summed E-state index contributed by atoms with van der Waals surface area (Å²) in [7, 11) is 3.29. The molecular weight excluding hydrogens is 358 g/mol. The molecule has 2 aromatic carbocycles. The van der Waals surface area contributed by atoms with E-state index in [9.17, 15) is 9.90 Å². The number of ketones is 1. The molecule has 0 radical (unpaired) electrons. The second-order valence-electron chi connectivity index (χ2n) is 6.55. The van der Waals surface area contributed by atoms with Crippen LogP contribution in [0.5, 0.6) is 11.5 Å². The molecule has 3 rings (SSSR count). The molecule has 0 amide bonds. The summed E-state index contributed by atoms with van der Waals surface area (Å²) in [6, 6.07) is 12.7. The molecule has 6 heteroatoms. The van der Waals surface area contributed by atoms with Gasteiger partial charge in [-0.25, -0.2) is 0 Å². The molecular formula is C22H25NO5. The van der Waals surface area contributed by atoms with Crippen molar-refractivity contribution in [2.45, 2.75) is 6.54 Å². The van der Waals surface area contributed by atoms with Crippen LogP contribution in [-0.4, -0.2) is 56.3 Å². The molecule has 1 heterocycles. The number of hydrogen-bond acceptors (Lipinski definition) is 6. The Morgan fingerprint density at radius 3 is 2.36 bits per heavy atom. The van der Waals surface area contributed by atoms with Gasteiger partial charge < -0.3 is 19.3 Å². The standard InChI is InChI=1S/C22H25NO5/c1-26-12-10-23(11-13-27-2)15-18-19(24)9-8-17-21(25)20(28-22(17)18)14-16-6-4-3-5-7-16/h3-9,14,24H,10-13,15H2,1-2H3/b20-14+. The summed E-state index contributed by atoms with van der Waals surface area (Å²) in [6.45, 7) is 2.87. The van der Waals surface area contributed by atoms with E-state index in [0.717, 1.165) is 5.56 Å². The first kappa shape index (κ1) is 20.1. The fourth-order valence-corrected chi connectivity index (χ4v) is 3.08. The van der Waals surface area contributed by atoms with Crippen molar-refractivity contribution in [2.24, 2.45) is 0 Å². The van der Waals surface area contributed by atoms with E-state index >= 15 is 0 Å². The van der Waals surface area contributed by atoms with Gasteiger partial charge in [-0.15, -0.1) is 0 Å². The average Bonchev–Trinajstić information content (AvgIpc) is 3.02. The van der Waals surface area contributed by atoms with Crippen LogP contribution in [0.2, 0.25) is 0 Å². The van der Waals surface area contributed by atoms with E-state index in [1.54, 1.807) is 32.4 Å². The van der Waals surface area contributed by atoms with Crippen molar-refractivity contribution in [3.05, 3.63) is 64.9 Å². The highest BCUT2D eigenvalue weighted by Crippen LogP contribution is 2.40. The molecule has 0 aliphatic carbocycles. The number of rotatable bonds is 9. The molecule has 0 saturated carbocycles. The van der Waals surface area contributed by atoms with Crippen LogP contribution in [-0.2, 0) is 16.0 Å². The lowest BCUT2D eigenvalue weighted by atomic mass is 10.0. The van der Waals surface area contributed by atoms with Gasteiger partial charge in [-0.2, -0.15) is 0 Å². The fourth-order valence-electron chi connectivity index (χ4n) is 3.08. The second-order valence-corrected chi connectivity index (χ2v) is 6.55. The number of aromatic hydroxyl groups is 1. The van der Waals surface area contributed by atoms with Gasteiger partial charge in [0, 0.05) is 33.9 Å². The molecule has 0 atom stereocenters. The van der Waals surface area contributed by atoms with Gasteiger partial charge in [-0.05, 0) is 23.8 Å². The van der Waals surface area contributed by atoms with Crippen LogP contribution in [0.3, 0.4) is 0 Å². The first-order valence-corrected chi connectivity index (χ1v) is 9.18. The highest BCUT2D eigenvalue weighted by atomic mass is 16.5. The topological polar surface area (TPSA) is 68.2 Å². The number of ether oxygens (including phenoxy) is 3. The monoisotopic (exact) mass is 383 g/mol. The smallest absolute Gasteiger partial charge is 0.231 e. The van der Waals surface area contributed by atoms with Gasteiger partial charge in [-0.3, -0.25) is 9.69 Å². The molecule has 1 aliphatic rings. The van der Waals surface area contributed by atoms with E-state index < -0.39 is 0 Å². The van der Waals surface area contributed by atoms with Crippen LogP contribution in [0.4, 0.5) is 0 Å².